The van der Waals surface area contributed by atoms with Crippen LogP contribution >= 0.6 is 11.8 Å². The van der Waals surface area contributed by atoms with Crippen molar-refractivity contribution in [2.45, 2.75) is 37.5 Å². The molecule has 2 aromatic carbocycles. The summed E-state index contributed by atoms with van der Waals surface area (Å²) in [5.41, 5.74) is 1.83. The summed E-state index contributed by atoms with van der Waals surface area (Å²) in [4.78, 5) is 24.6. The third-order valence-electron chi connectivity index (χ3n) is 4.35. The summed E-state index contributed by atoms with van der Waals surface area (Å²) in [7, 11) is 0. The third kappa shape index (κ3) is 5.36. The van der Waals surface area contributed by atoms with Crippen LogP contribution in [-0.2, 0) is 11.3 Å². The zero-order valence-corrected chi connectivity index (χ0v) is 16.6. The van der Waals surface area contributed by atoms with Crippen molar-refractivity contribution in [3.05, 3.63) is 82.3 Å². The van der Waals surface area contributed by atoms with Crippen LogP contribution in [0.3, 0.4) is 0 Å². The van der Waals surface area contributed by atoms with Gasteiger partial charge in [0.15, 0.2) is 5.16 Å². The van der Waals surface area contributed by atoms with Gasteiger partial charge in [0, 0.05) is 0 Å². The molecule has 0 spiro atoms. The quantitative estimate of drug-likeness (QED) is 0.544. The Balaban J connectivity index is 1.62. The number of aromatic nitrogens is 3. The van der Waals surface area contributed by atoms with Crippen molar-refractivity contribution in [2.75, 3.05) is 5.75 Å². The molecule has 0 aliphatic carbocycles. The summed E-state index contributed by atoms with van der Waals surface area (Å²) < 4.78 is 1.55. The number of carbonyl (C=O) groups excluding carboxylic acids is 1. The summed E-state index contributed by atoms with van der Waals surface area (Å²) in [6.07, 6.45) is 1.85. The van der Waals surface area contributed by atoms with Crippen molar-refractivity contribution in [1.82, 2.24) is 20.1 Å². The Kier molecular flexibility index (Phi) is 7.08. The van der Waals surface area contributed by atoms with Crippen molar-refractivity contribution in [1.29, 1.82) is 0 Å². The van der Waals surface area contributed by atoms with Crippen LogP contribution in [0.1, 0.15) is 36.9 Å². The second kappa shape index (κ2) is 9.94. The van der Waals surface area contributed by atoms with E-state index in [0.717, 1.165) is 24.0 Å². The van der Waals surface area contributed by atoms with Gasteiger partial charge in [0.25, 0.3) is 0 Å². The SMILES string of the molecule is CCCC(NC(=O)CSc1n[nH]c(=O)n1Cc1ccccc1)c1ccccc1. The smallest absolute Gasteiger partial charge is 0.344 e. The van der Waals surface area contributed by atoms with Gasteiger partial charge in [-0.05, 0) is 17.5 Å². The Hall–Kier alpha value is -2.80. The fraction of sp³-hybridized carbons (Fsp3) is 0.286. The maximum absolute atomic E-state index is 12.5. The number of thioether (sulfide) groups is 1. The lowest BCUT2D eigenvalue weighted by Crippen LogP contribution is -2.30. The van der Waals surface area contributed by atoms with E-state index in [2.05, 4.69) is 22.4 Å². The maximum Gasteiger partial charge on any atom is 0.344 e. The lowest BCUT2D eigenvalue weighted by atomic mass is 10.0. The standard InChI is InChI=1S/C21H24N4O2S/c1-2-9-18(17-12-7-4-8-13-17)22-19(26)15-28-21-24-23-20(27)25(21)14-16-10-5-3-6-11-16/h3-8,10-13,18H,2,9,14-15H2,1H3,(H,22,26)(H,23,27). The van der Waals surface area contributed by atoms with E-state index in [1.54, 1.807) is 4.57 Å². The van der Waals surface area contributed by atoms with Crippen molar-refractivity contribution >= 4 is 17.7 Å². The first-order valence-electron chi connectivity index (χ1n) is 9.33. The molecule has 3 rings (SSSR count). The molecule has 0 aliphatic rings. The number of hydrogen-bond donors (Lipinski definition) is 2. The van der Waals surface area contributed by atoms with E-state index >= 15 is 0 Å². The molecule has 0 radical (unpaired) electrons. The van der Waals surface area contributed by atoms with Crippen LogP contribution in [0.25, 0.3) is 0 Å². The number of rotatable bonds is 9. The number of H-pyrrole nitrogens is 1. The van der Waals surface area contributed by atoms with Crippen LogP contribution in [0, 0.1) is 0 Å². The van der Waals surface area contributed by atoms with Crippen LogP contribution in [0.15, 0.2) is 70.6 Å². The summed E-state index contributed by atoms with van der Waals surface area (Å²) in [5.74, 6) is 0.126. The first-order chi connectivity index (χ1) is 13.7. The molecule has 3 aromatic rings. The second-order valence-electron chi connectivity index (χ2n) is 6.49. The minimum atomic E-state index is -0.278. The van der Waals surface area contributed by atoms with Crippen molar-refractivity contribution < 1.29 is 4.79 Å². The molecule has 0 saturated heterocycles. The predicted octanol–water partition coefficient (Wildman–Crippen LogP) is 3.37. The maximum atomic E-state index is 12.5. The van der Waals surface area contributed by atoms with Gasteiger partial charge in [-0.25, -0.2) is 9.89 Å². The highest BCUT2D eigenvalue weighted by molar-refractivity contribution is 7.99. The van der Waals surface area contributed by atoms with Gasteiger partial charge in [-0.15, -0.1) is 5.10 Å². The average Bonchev–Trinajstić information content (AvgIpc) is 3.07. The average molecular weight is 397 g/mol. The number of hydrogen-bond acceptors (Lipinski definition) is 4. The Bertz CT molecular complexity index is 938. The van der Waals surface area contributed by atoms with Crippen LogP contribution in [0.5, 0.6) is 0 Å². The van der Waals surface area contributed by atoms with E-state index < -0.39 is 0 Å². The monoisotopic (exact) mass is 396 g/mol. The molecule has 28 heavy (non-hydrogen) atoms. The van der Waals surface area contributed by atoms with Crippen LogP contribution in [-0.4, -0.2) is 26.4 Å². The molecule has 7 heteroatoms. The van der Waals surface area contributed by atoms with Gasteiger partial charge in [-0.3, -0.25) is 9.36 Å². The van der Waals surface area contributed by atoms with Gasteiger partial charge >= 0.3 is 5.69 Å². The van der Waals surface area contributed by atoms with E-state index in [0.29, 0.717) is 11.7 Å². The molecule has 1 aromatic heterocycles. The minimum Gasteiger partial charge on any atom is -0.349 e. The number of aromatic amines is 1. The van der Waals surface area contributed by atoms with Crippen molar-refractivity contribution in [2.24, 2.45) is 0 Å². The fourth-order valence-corrected chi connectivity index (χ4v) is 3.74. The molecule has 146 valence electrons. The predicted molar refractivity (Wildman–Crippen MR) is 111 cm³/mol. The Morgan fingerprint density at radius 3 is 2.50 bits per heavy atom. The Morgan fingerprint density at radius 1 is 1.14 bits per heavy atom. The van der Waals surface area contributed by atoms with E-state index in [1.165, 1.54) is 11.8 Å². The number of nitrogens with zero attached hydrogens (tertiary/aromatic N) is 2. The molecule has 0 saturated carbocycles. The highest BCUT2D eigenvalue weighted by Crippen LogP contribution is 2.19. The third-order valence-corrected chi connectivity index (χ3v) is 5.33. The van der Waals surface area contributed by atoms with E-state index in [-0.39, 0.29) is 23.4 Å². The molecule has 0 fully saturated rings. The zero-order valence-electron chi connectivity index (χ0n) is 15.8. The molecule has 1 amide bonds. The lowest BCUT2D eigenvalue weighted by Gasteiger charge is -2.18. The molecule has 1 atom stereocenters. The van der Waals surface area contributed by atoms with Gasteiger partial charge in [-0.1, -0.05) is 85.8 Å². The fourth-order valence-electron chi connectivity index (χ4n) is 2.98. The number of amides is 1. The van der Waals surface area contributed by atoms with Gasteiger partial charge in [0.05, 0.1) is 18.3 Å². The molecule has 0 aliphatic heterocycles. The topological polar surface area (TPSA) is 79.8 Å². The Labute approximate surface area is 168 Å². The molecule has 6 nitrogen and oxygen atoms in total. The molecular weight excluding hydrogens is 372 g/mol. The highest BCUT2D eigenvalue weighted by atomic mass is 32.2. The molecule has 2 N–H and O–H groups in total. The normalized spacial score (nSPS) is 11.9. The summed E-state index contributed by atoms with van der Waals surface area (Å²) >= 11 is 1.26. The first kappa shape index (κ1) is 19.9. The lowest BCUT2D eigenvalue weighted by molar-refractivity contribution is -0.119. The Morgan fingerprint density at radius 2 is 1.82 bits per heavy atom. The number of benzene rings is 2. The number of nitrogens with one attached hydrogen (secondary N) is 2. The largest absolute Gasteiger partial charge is 0.349 e. The number of carbonyl (C=O) groups is 1. The first-order valence-corrected chi connectivity index (χ1v) is 10.3. The molecule has 1 heterocycles. The minimum absolute atomic E-state index is 0.00926. The van der Waals surface area contributed by atoms with Crippen LogP contribution < -0.4 is 11.0 Å². The second-order valence-corrected chi connectivity index (χ2v) is 7.43. The van der Waals surface area contributed by atoms with Gasteiger partial charge < -0.3 is 5.32 Å². The highest BCUT2D eigenvalue weighted by Gasteiger charge is 2.16. The molecule has 0 bridgehead atoms. The van der Waals surface area contributed by atoms with Crippen molar-refractivity contribution in [3.8, 4) is 0 Å². The van der Waals surface area contributed by atoms with E-state index in [4.69, 9.17) is 0 Å². The van der Waals surface area contributed by atoms with Crippen molar-refractivity contribution in [3.63, 3.8) is 0 Å². The molecule has 1 unspecified atom stereocenters. The van der Waals surface area contributed by atoms with E-state index in [9.17, 15) is 9.59 Å². The molecular formula is C21H24N4O2S. The van der Waals surface area contributed by atoms with Gasteiger partial charge in [0.2, 0.25) is 5.91 Å². The summed E-state index contributed by atoms with van der Waals surface area (Å²) in [6, 6.07) is 19.7. The van der Waals surface area contributed by atoms with Gasteiger partial charge in [-0.2, -0.15) is 0 Å². The zero-order chi connectivity index (χ0) is 19.8. The summed E-state index contributed by atoms with van der Waals surface area (Å²) in [6.45, 7) is 2.52. The summed E-state index contributed by atoms with van der Waals surface area (Å²) in [5, 5.41) is 10.1. The van der Waals surface area contributed by atoms with E-state index in [1.807, 2.05) is 60.7 Å². The van der Waals surface area contributed by atoms with Gasteiger partial charge in [0.1, 0.15) is 0 Å². The van der Waals surface area contributed by atoms with Crippen LogP contribution in [0.4, 0.5) is 0 Å². The van der Waals surface area contributed by atoms with Crippen LogP contribution in [0.2, 0.25) is 0 Å².